The van der Waals surface area contributed by atoms with Crippen LogP contribution in [0.5, 0.6) is 0 Å². The molecule has 0 unspecified atom stereocenters. The largest absolute Gasteiger partial charge is 0.326 e. The minimum absolute atomic E-state index is 0.0136. The monoisotopic (exact) mass is 353 g/mol. The van der Waals surface area contributed by atoms with Crippen LogP contribution < -0.4 is 5.32 Å². The van der Waals surface area contributed by atoms with Gasteiger partial charge in [-0.05, 0) is 25.1 Å². The molecule has 1 aromatic heterocycles. The summed E-state index contributed by atoms with van der Waals surface area (Å²) in [7, 11) is 0. The van der Waals surface area contributed by atoms with Crippen LogP contribution in [-0.4, -0.2) is 15.8 Å². The predicted molar refractivity (Wildman–Crippen MR) is 97.7 cm³/mol. The van der Waals surface area contributed by atoms with Crippen molar-refractivity contribution in [1.29, 1.82) is 0 Å². The molecule has 6 nitrogen and oxygen atoms in total. The Morgan fingerprint density at radius 2 is 2.00 bits per heavy atom. The van der Waals surface area contributed by atoms with Crippen LogP contribution in [0.2, 0.25) is 0 Å². The number of non-ortho nitro benzene ring substituents is 1. The molecule has 3 aromatic rings. The first-order chi connectivity index (χ1) is 12.0. The Morgan fingerprint density at radius 3 is 2.68 bits per heavy atom. The second-order valence-electron chi connectivity index (χ2n) is 5.54. The van der Waals surface area contributed by atoms with Crippen molar-refractivity contribution in [2.45, 2.75) is 13.3 Å². The van der Waals surface area contributed by atoms with Crippen LogP contribution in [-0.2, 0) is 11.2 Å². The van der Waals surface area contributed by atoms with Crippen molar-refractivity contribution in [3.8, 4) is 10.6 Å². The minimum atomic E-state index is -0.478. The van der Waals surface area contributed by atoms with Crippen LogP contribution in [0.25, 0.3) is 10.6 Å². The number of benzene rings is 2. The average molecular weight is 353 g/mol. The van der Waals surface area contributed by atoms with Crippen LogP contribution >= 0.6 is 11.3 Å². The molecule has 7 heteroatoms. The van der Waals surface area contributed by atoms with E-state index in [0.717, 1.165) is 16.1 Å². The van der Waals surface area contributed by atoms with Gasteiger partial charge in [0.15, 0.2) is 0 Å². The number of anilines is 1. The molecule has 0 saturated heterocycles. The Bertz CT molecular complexity index is 919. The van der Waals surface area contributed by atoms with Gasteiger partial charge in [0.05, 0.1) is 17.0 Å². The molecule has 1 amide bonds. The maximum absolute atomic E-state index is 12.1. The van der Waals surface area contributed by atoms with Gasteiger partial charge in [0.1, 0.15) is 5.01 Å². The van der Waals surface area contributed by atoms with Crippen molar-refractivity contribution < 1.29 is 9.72 Å². The number of carbonyl (C=O) groups is 1. The smallest absolute Gasteiger partial charge is 0.269 e. The molecule has 2 aromatic carbocycles. The zero-order valence-corrected chi connectivity index (χ0v) is 14.2. The first-order valence-corrected chi connectivity index (χ1v) is 8.45. The molecular formula is C18H15N3O3S. The van der Waals surface area contributed by atoms with E-state index in [0.29, 0.717) is 11.4 Å². The van der Waals surface area contributed by atoms with E-state index in [1.54, 1.807) is 0 Å². The highest BCUT2D eigenvalue weighted by atomic mass is 32.1. The van der Waals surface area contributed by atoms with Gasteiger partial charge in [0, 0.05) is 28.8 Å². The first kappa shape index (κ1) is 16.8. The third kappa shape index (κ3) is 4.27. The Hall–Kier alpha value is -3.06. The second-order valence-corrected chi connectivity index (χ2v) is 6.40. The number of aryl methyl sites for hydroxylation is 1. The molecule has 0 atom stereocenters. The van der Waals surface area contributed by atoms with Crippen molar-refractivity contribution in [1.82, 2.24) is 4.98 Å². The van der Waals surface area contributed by atoms with Gasteiger partial charge in [0.25, 0.3) is 5.69 Å². The summed E-state index contributed by atoms with van der Waals surface area (Å²) in [6.45, 7) is 2.02. The van der Waals surface area contributed by atoms with Gasteiger partial charge in [-0.15, -0.1) is 11.3 Å². The Morgan fingerprint density at radius 1 is 1.24 bits per heavy atom. The summed E-state index contributed by atoms with van der Waals surface area (Å²) >= 11 is 1.50. The zero-order chi connectivity index (χ0) is 17.8. The number of nitro groups is 1. The first-order valence-electron chi connectivity index (χ1n) is 7.57. The van der Waals surface area contributed by atoms with Crippen molar-refractivity contribution >= 4 is 28.6 Å². The summed E-state index contributed by atoms with van der Waals surface area (Å²) in [5.74, 6) is -0.213. The highest BCUT2D eigenvalue weighted by molar-refractivity contribution is 7.13. The maximum atomic E-state index is 12.1. The van der Waals surface area contributed by atoms with Crippen LogP contribution in [0.1, 0.15) is 11.3 Å². The molecule has 0 saturated carbocycles. The zero-order valence-electron chi connectivity index (χ0n) is 13.4. The third-order valence-electron chi connectivity index (χ3n) is 3.52. The second kappa shape index (κ2) is 7.23. The quantitative estimate of drug-likeness (QED) is 0.550. The van der Waals surface area contributed by atoms with E-state index in [1.807, 2.05) is 30.5 Å². The Labute approximate surface area is 148 Å². The molecule has 0 aliphatic carbocycles. The molecule has 1 N–H and O–H groups in total. The minimum Gasteiger partial charge on any atom is -0.326 e. The number of aromatic nitrogens is 1. The van der Waals surface area contributed by atoms with Gasteiger partial charge in [-0.1, -0.05) is 23.8 Å². The number of hydrogen-bond donors (Lipinski definition) is 1. The van der Waals surface area contributed by atoms with E-state index in [2.05, 4.69) is 16.4 Å². The maximum Gasteiger partial charge on any atom is 0.269 e. The van der Waals surface area contributed by atoms with Gasteiger partial charge in [0.2, 0.25) is 5.91 Å². The summed E-state index contributed by atoms with van der Waals surface area (Å²) in [4.78, 5) is 26.8. The summed E-state index contributed by atoms with van der Waals surface area (Å²) in [6.07, 6.45) is 0.152. The summed E-state index contributed by atoms with van der Waals surface area (Å²) in [5.41, 5.74) is 3.39. The van der Waals surface area contributed by atoms with Crippen LogP contribution in [0.15, 0.2) is 53.9 Å². The summed E-state index contributed by atoms with van der Waals surface area (Å²) in [5, 5.41) is 16.1. The lowest BCUT2D eigenvalue weighted by Crippen LogP contribution is -2.14. The molecule has 0 aliphatic heterocycles. The molecule has 126 valence electrons. The van der Waals surface area contributed by atoms with Gasteiger partial charge in [-0.3, -0.25) is 14.9 Å². The Balaban J connectivity index is 1.64. The molecule has 25 heavy (non-hydrogen) atoms. The number of nitrogens with zero attached hydrogens (tertiary/aromatic N) is 2. The van der Waals surface area contributed by atoms with E-state index >= 15 is 0 Å². The molecule has 0 fully saturated rings. The van der Waals surface area contributed by atoms with Crippen molar-refractivity contribution in [3.05, 3.63) is 75.3 Å². The number of thiazole rings is 1. The predicted octanol–water partition coefficient (Wildman–Crippen LogP) is 4.21. The van der Waals surface area contributed by atoms with Crippen LogP contribution in [0.3, 0.4) is 0 Å². The SMILES string of the molecule is Cc1cccc(-c2nc(CC(=O)Nc3ccc([N+](=O)[O-])cc3)cs2)c1. The van der Waals surface area contributed by atoms with E-state index in [4.69, 9.17) is 0 Å². The van der Waals surface area contributed by atoms with Gasteiger partial charge in [-0.2, -0.15) is 0 Å². The van der Waals surface area contributed by atoms with Crippen LogP contribution in [0.4, 0.5) is 11.4 Å². The lowest BCUT2D eigenvalue weighted by atomic mass is 10.1. The molecule has 0 spiro atoms. The van der Waals surface area contributed by atoms with Gasteiger partial charge in [-0.25, -0.2) is 4.98 Å². The highest BCUT2D eigenvalue weighted by Crippen LogP contribution is 2.24. The summed E-state index contributed by atoms with van der Waals surface area (Å²) in [6, 6.07) is 13.8. The van der Waals surface area contributed by atoms with Gasteiger partial charge >= 0.3 is 0 Å². The fraction of sp³-hybridized carbons (Fsp3) is 0.111. The number of nitro benzene ring substituents is 1. The fourth-order valence-corrected chi connectivity index (χ4v) is 3.15. The highest BCUT2D eigenvalue weighted by Gasteiger charge is 2.10. The van der Waals surface area contributed by atoms with E-state index in [1.165, 1.54) is 35.6 Å². The normalized spacial score (nSPS) is 10.4. The molecular weight excluding hydrogens is 338 g/mol. The number of amides is 1. The van der Waals surface area contributed by atoms with E-state index < -0.39 is 4.92 Å². The molecule has 1 heterocycles. The van der Waals surface area contributed by atoms with E-state index in [-0.39, 0.29) is 18.0 Å². The van der Waals surface area contributed by atoms with Crippen molar-refractivity contribution in [3.63, 3.8) is 0 Å². The van der Waals surface area contributed by atoms with Crippen molar-refractivity contribution in [2.75, 3.05) is 5.32 Å². The standard InChI is InChI=1S/C18H15N3O3S/c1-12-3-2-4-13(9-12)18-20-15(11-25-18)10-17(22)19-14-5-7-16(8-6-14)21(23)24/h2-9,11H,10H2,1H3,(H,19,22). The molecule has 0 bridgehead atoms. The number of carbonyl (C=O) groups excluding carboxylic acids is 1. The van der Waals surface area contributed by atoms with Crippen molar-refractivity contribution in [2.24, 2.45) is 0 Å². The van der Waals surface area contributed by atoms with E-state index in [9.17, 15) is 14.9 Å². The summed E-state index contributed by atoms with van der Waals surface area (Å²) < 4.78 is 0. The number of rotatable bonds is 5. The molecule has 0 aliphatic rings. The molecule has 3 rings (SSSR count). The average Bonchev–Trinajstić information content (AvgIpc) is 3.03. The topological polar surface area (TPSA) is 85.1 Å². The fourth-order valence-electron chi connectivity index (χ4n) is 2.34. The third-order valence-corrected chi connectivity index (χ3v) is 4.46. The molecule has 0 radical (unpaired) electrons. The van der Waals surface area contributed by atoms with Gasteiger partial charge < -0.3 is 5.32 Å². The number of hydrogen-bond acceptors (Lipinski definition) is 5. The lowest BCUT2D eigenvalue weighted by molar-refractivity contribution is -0.384. The van der Waals surface area contributed by atoms with Crippen LogP contribution in [0, 0.1) is 17.0 Å². The lowest BCUT2D eigenvalue weighted by Gasteiger charge is -2.03. The number of nitrogens with one attached hydrogen (secondary N) is 1. The Kier molecular flexibility index (Phi) is 4.85.